The Morgan fingerprint density at radius 3 is 1.47 bits per heavy atom. The van der Waals surface area contributed by atoms with Crippen LogP contribution in [0.25, 0.3) is 0 Å². The number of nitrogens with two attached hydrogens (primary N) is 1. The molecule has 110 valence electrons. The van der Waals surface area contributed by atoms with Crippen LogP contribution in [0, 0.1) is 0 Å². The first-order valence-electron chi connectivity index (χ1n) is 2.74. The van der Waals surface area contributed by atoms with Crippen molar-refractivity contribution in [3.63, 3.8) is 0 Å². The number of hydrogen-bond acceptors (Lipinski definition) is 3. The molecule has 0 aliphatic carbocycles. The minimum atomic E-state index is -1.17. The topological polar surface area (TPSA) is 290 Å². The fraction of sp³-hybridized carbons (Fsp3) is 0.600. The molecule has 11 nitrogen and oxygen atoms in total. The molecule has 1 atom stereocenters. The number of carbonyl (C=O) groups is 2. The molecule has 0 fully saturated rings. The third-order valence-corrected chi connectivity index (χ3v) is 0.986. The van der Waals surface area contributed by atoms with Gasteiger partial charge < -0.3 is 51.7 Å². The van der Waals surface area contributed by atoms with Gasteiger partial charge in [0.15, 0.2) is 0 Å². The molecule has 0 heterocycles. The molecule has 0 rings (SSSR count). The molecule has 0 aromatic heterocycles. The third-order valence-electron chi connectivity index (χ3n) is 0.986. The summed E-state index contributed by atoms with van der Waals surface area (Å²) in [6, 6.07) is -1.06. The second-order valence-electron chi connectivity index (χ2n) is 1.88. The Hall–Kier alpha value is 0.141. The van der Waals surface area contributed by atoms with Gasteiger partial charge >= 0.3 is 57.4 Å². The second-order valence-corrected chi connectivity index (χ2v) is 1.88. The van der Waals surface area contributed by atoms with Crippen molar-refractivity contribution in [2.45, 2.75) is 18.9 Å². The van der Waals surface area contributed by atoms with Crippen molar-refractivity contribution in [3.8, 4) is 0 Å². The molecular formula is C5H23NO10Sr. The Kier molecular flexibility index (Phi) is 93.7. The molecule has 0 amide bonds. The van der Waals surface area contributed by atoms with Crippen LogP contribution in [0.3, 0.4) is 0 Å². The number of carboxylic acid groups (broad SMARTS) is 2. The van der Waals surface area contributed by atoms with Gasteiger partial charge in [-0.15, -0.1) is 0 Å². The van der Waals surface area contributed by atoms with E-state index in [9.17, 15) is 9.59 Å². The van der Waals surface area contributed by atoms with Gasteiger partial charge in [-0.1, -0.05) is 0 Å². The zero-order valence-corrected chi connectivity index (χ0v) is 12.5. The van der Waals surface area contributed by atoms with E-state index in [4.69, 9.17) is 15.9 Å². The van der Waals surface area contributed by atoms with Crippen LogP contribution < -0.4 is 5.73 Å². The molecule has 0 unspecified atom stereocenters. The fourth-order valence-corrected chi connectivity index (χ4v) is 0.402. The molecule has 0 aliphatic heterocycles. The van der Waals surface area contributed by atoms with Gasteiger partial charge in [-0.05, 0) is 6.42 Å². The van der Waals surface area contributed by atoms with E-state index in [0.717, 1.165) is 0 Å². The van der Waals surface area contributed by atoms with Crippen LogP contribution in [0.15, 0.2) is 0 Å². The van der Waals surface area contributed by atoms with E-state index in [0.29, 0.717) is 0 Å². The van der Waals surface area contributed by atoms with Crippen molar-refractivity contribution < 1.29 is 55.5 Å². The number of rotatable bonds is 4. The Morgan fingerprint density at radius 2 is 1.29 bits per heavy atom. The first-order valence-corrected chi connectivity index (χ1v) is 2.74. The van der Waals surface area contributed by atoms with Crippen molar-refractivity contribution in [2.24, 2.45) is 5.73 Å². The van der Waals surface area contributed by atoms with Gasteiger partial charge in [0.05, 0.1) is 0 Å². The second kappa shape index (κ2) is 29.8. The SMILES string of the molecule is N[C@@H](CCC(=O)O)C(=O)O.O.O.O.O.O.O.[H-].[H-].[Sr+2]. The van der Waals surface area contributed by atoms with Crippen molar-refractivity contribution in [1.82, 2.24) is 0 Å². The van der Waals surface area contributed by atoms with E-state index >= 15 is 0 Å². The van der Waals surface area contributed by atoms with Gasteiger partial charge in [0, 0.05) is 6.42 Å². The van der Waals surface area contributed by atoms with Crippen LogP contribution in [0.1, 0.15) is 15.7 Å². The Balaban J connectivity index is -0.0000000112. The van der Waals surface area contributed by atoms with Gasteiger partial charge in [0.2, 0.25) is 0 Å². The number of carboxylic acids is 2. The van der Waals surface area contributed by atoms with Gasteiger partial charge in [0.1, 0.15) is 6.04 Å². The van der Waals surface area contributed by atoms with Gasteiger partial charge in [-0.3, -0.25) is 9.59 Å². The van der Waals surface area contributed by atoms with Crippen molar-refractivity contribution in [1.29, 1.82) is 0 Å². The van der Waals surface area contributed by atoms with Crippen LogP contribution in [-0.4, -0.2) is 107 Å². The average Bonchev–Trinajstić information content (AvgIpc) is 1.82. The van der Waals surface area contributed by atoms with E-state index < -0.39 is 18.0 Å². The maximum atomic E-state index is 9.99. The summed E-state index contributed by atoms with van der Waals surface area (Å²) in [5.41, 5.74) is 5.00. The van der Waals surface area contributed by atoms with Gasteiger partial charge in [-0.2, -0.15) is 0 Å². The number of aliphatic carboxylic acids is 2. The molecule has 0 aromatic rings. The van der Waals surface area contributed by atoms with E-state index in [1.165, 1.54) is 0 Å². The summed E-state index contributed by atoms with van der Waals surface area (Å²) in [7, 11) is 0. The van der Waals surface area contributed by atoms with E-state index in [1.54, 1.807) is 0 Å². The van der Waals surface area contributed by atoms with Crippen LogP contribution in [-0.2, 0) is 9.59 Å². The smallest absolute Gasteiger partial charge is 1.00 e. The molecule has 17 heavy (non-hydrogen) atoms. The molecule has 0 radical (unpaired) electrons. The van der Waals surface area contributed by atoms with Gasteiger partial charge in [0.25, 0.3) is 0 Å². The standard InChI is InChI=1S/C5H9NO4.6H2O.Sr.2H/c6-3(5(9)10)1-2-4(7)8;;;;;;;;;/h3H,1-2,6H2,(H,7,8)(H,9,10);6*1H2;;;/q;;;;;;;+2;2*-1/t3-;;;;;;;;;/m0........./s1. The summed E-state index contributed by atoms with van der Waals surface area (Å²) in [6.45, 7) is 0. The number of hydrogen-bond donors (Lipinski definition) is 3. The Morgan fingerprint density at radius 1 is 1.00 bits per heavy atom. The minimum absolute atomic E-state index is 0. The summed E-state index contributed by atoms with van der Waals surface area (Å²) in [5, 5.41) is 16.3. The summed E-state index contributed by atoms with van der Waals surface area (Å²) >= 11 is 0. The Bertz CT molecular complexity index is 165. The fourth-order valence-electron chi connectivity index (χ4n) is 0.402. The Labute approximate surface area is 137 Å². The van der Waals surface area contributed by atoms with Crippen LogP contribution in [0.4, 0.5) is 0 Å². The van der Waals surface area contributed by atoms with E-state index in [-0.39, 0.29) is 94.0 Å². The summed E-state index contributed by atoms with van der Waals surface area (Å²) in [5.74, 6) is -2.20. The quantitative estimate of drug-likeness (QED) is 0.418. The third kappa shape index (κ3) is 38.6. The van der Waals surface area contributed by atoms with Crippen molar-refractivity contribution in [3.05, 3.63) is 0 Å². The normalized spacial score (nSPS) is 7.35. The molecule has 0 aliphatic rings. The molecule has 12 heteroatoms. The van der Waals surface area contributed by atoms with Crippen LogP contribution >= 0.6 is 0 Å². The zero-order valence-electron chi connectivity index (χ0n) is 11.0. The summed E-state index contributed by atoms with van der Waals surface area (Å²) < 4.78 is 0. The largest absolute Gasteiger partial charge is 2.00 e. The predicted octanol–water partition coefficient (Wildman–Crippen LogP) is -5.84. The minimum Gasteiger partial charge on any atom is -1.00 e. The summed E-state index contributed by atoms with van der Waals surface area (Å²) in [4.78, 5) is 19.9. The maximum Gasteiger partial charge on any atom is 2.00 e. The molecule has 0 bridgehead atoms. The van der Waals surface area contributed by atoms with Gasteiger partial charge in [-0.25, -0.2) is 0 Å². The van der Waals surface area contributed by atoms with Crippen LogP contribution in [0.2, 0.25) is 0 Å². The predicted molar refractivity (Wildman–Crippen MR) is 62.1 cm³/mol. The molecule has 16 N–H and O–H groups in total. The van der Waals surface area contributed by atoms with E-state index in [1.807, 2.05) is 0 Å². The summed E-state index contributed by atoms with van der Waals surface area (Å²) in [6.07, 6.45) is -0.224. The maximum absolute atomic E-state index is 9.99. The monoisotopic (exact) mass is 345 g/mol. The molecule has 0 aromatic carbocycles. The first-order chi connectivity index (χ1) is 4.54. The van der Waals surface area contributed by atoms with E-state index in [2.05, 4.69) is 0 Å². The molecule has 0 saturated carbocycles. The molecular weight excluding hydrogens is 322 g/mol. The molecule has 0 spiro atoms. The first kappa shape index (κ1) is 53.4. The average molecular weight is 345 g/mol. The molecule has 0 saturated heterocycles. The zero-order chi connectivity index (χ0) is 8.15. The van der Waals surface area contributed by atoms with Crippen molar-refractivity contribution >= 4 is 57.4 Å². The van der Waals surface area contributed by atoms with Crippen molar-refractivity contribution in [2.75, 3.05) is 0 Å². The van der Waals surface area contributed by atoms with Crippen LogP contribution in [0.5, 0.6) is 0 Å².